The van der Waals surface area contributed by atoms with Crippen LogP contribution >= 0.6 is 46.4 Å². The monoisotopic (exact) mass is 655 g/mol. The normalized spacial score (nSPS) is 10.7. The lowest BCUT2D eigenvalue weighted by molar-refractivity contribution is 0.0964. The quantitative estimate of drug-likeness (QED) is 0.274. The molecule has 0 spiro atoms. The number of aromatic nitrogens is 8. The van der Waals surface area contributed by atoms with Crippen molar-refractivity contribution in [3.05, 3.63) is 37.8 Å². The molecule has 0 fully saturated rings. The summed E-state index contributed by atoms with van der Waals surface area (Å²) in [6.07, 6.45) is 0. The lowest BCUT2D eigenvalue weighted by Crippen LogP contribution is -2.19. The summed E-state index contributed by atoms with van der Waals surface area (Å²) in [5, 5.41) is 14.8. The zero-order valence-corrected chi connectivity index (χ0v) is 25.8. The number of rotatable bonds is 6. The van der Waals surface area contributed by atoms with Gasteiger partial charge in [-0.1, -0.05) is 46.4 Å². The lowest BCUT2D eigenvalue weighted by atomic mass is 10.1. The van der Waals surface area contributed by atoms with Crippen LogP contribution in [0.4, 0.5) is 0 Å². The Morgan fingerprint density at radius 1 is 0.762 bits per heavy atom. The van der Waals surface area contributed by atoms with Crippen LogP contribution in [0, 0.1) is 0 Å². The molecule has 5 rings (SSSR count). The molecule has 0 bridgehead atoms. The summed E-state index contributed by atoms with van der Waals surface area (Å²) < 4.78 is 21.9. The summed E-state index contributed by atoms with van der Waals surface area (Å²) in [5.74, 6) is 0.827. The van der Waals surface area contributed by atoms with E-state index in [-0.39, 0.29) is 49.7 Å². The highest BCUT2D eigenvalue weighted by Crippen LogP contribution is 2.40. The topological polar surface area (TPSA) is 161 Å². The predicted molar refractivity (Wildman–Crippen MR) is 157 cm³/mol. The van der Waals surface area contributed by atoms with E-state index in [1.807, 2.05) is 0 Å². The smallest absolute Gasteiger partial charge is 0.278 e. The van der Waals surface area contributed by atoms with Gasteiger partial charge in [0.05, 0.1) is 70.7 Å². The van der Waals surface area contributed by atoms with E-state index in [0.29, 0.717) is 33.0 Å². The zero-order valence-electron chi connectivity index (χ0n) is 22.8. The highest BCUT2D eigenvalue weighted by atomic mass is 35.5. The van der Waals surface area contributed by atoms with Crippen LogP contribution in [0.3, 0.4) is 0 Å². The third-order valence-corrected chi connectivity index (χ3v) is 7.23. The number of hydrogen-bond donors (Lipinski definition) is 1. The molecule has 1 amide bonds. The van der Waals surface area contributed by atoms with Gasteiger partial charge in [0.25, 0.3) is 29.4 Å². The van der Waals surface area contributed by atoms with Crippen molar-refractivity contribution < 1.29 is 23.7 Å². The molecule has 14 nitrogen and oxygen atoms in total. The van der Waals surface area contributed by atoms with Crippen molar-refractivity contribution in [2.45, 2.75) is 0 Å². The summed E-state index contributed by atoms with van der Waals surface area (Å²) in [6, 6.07) is 3.11. The molecule has 0 saturated carbocycles. The third-order valence-electron chi connectivity index (χ3n) is 5.65. The molecule has 18 heteroatoms. The van der Waals surface area contributed by atoms with Gasteiger partial charge in [-0.3, -0.25) is 4.79 Å². The van der Waals surface area contributed by atoms with Gasteiger partial charge in [-0.05, 0) is 22.6 Å². The van der Waals surface area contributed by atoms with Gasteiger partial charge >= 0.3 is 0 Å². The van der Waals surface area contributed by atoms with Gasteiger partial charge in [-0.15, -0.1) is 5.10 Å². The van der Waals surface area contributed by atoms with Crippen molar-refractivity contribution in [1.82, 2.24) is 45.5 Å². The molecule has 2 aromatic carbocycles. The van der Waals surface area contributed by atoms with Crippen LogP contribution in [0.2, 0.25) is 20.1 Å². The maximum atomic E-state index is 12.0. The number of halogens is 4. The largest absolute Gasteiger partial charge is 0.477 e. The standard InChI is InChI=1S/C12H10Cl2N6O2.C12H11Cl2N3O3/c1-20-10(17-18-19-20)7-8(14)5(13)4-6-9(7)16-12(22-3)11(15-6)21-2;1-15-10(18)7-8(14)5(13)4-6-9(7)17-12(20-3)11(16-6)19-2/h4H,1-3H3;4H,1-3H3,(H,15,18). The Labute approximate surface area is 258 Å². The van der Waals surface area contributed by atoms with Crippen LogP contribution < -0.4 is 24.3 Å². The van der Waals surface area contributed by atoms with Crippen molar-refractivity contribution in [3.63, 3.8) is 0 Å². The fourth-order valence-electron chi connectivity index (χ4n) is 3.73. The van der Waals surface area contributed by atoms with Crippen LogP contribution in [-0.4, -0.2) is 81.5 Å². The molecule has 5 aromatic rings. The number of nitrogens with one attached hydrogen (secondary N) is 1. The number of hydrogen-bond acceptors (Lipinski definition) is 12. The van der Waals surface area contributed by atoms with Crippen LogP contribution in [0.5, 0.6) is 23.5 Å². The van der Waals surface area contributed by atoms with Gasteiger partial charge in [0.2, 0.25) is 0 Å². The Kier molecular flexibility index (Phi) is 9.51. The van der Waals surface area contributed by atoms with Gasteiger partial charge in [0, 0.05) is 14.1 Å². The number of carbonyl (C=O) groups is 1. The molecule has 0 saturated heterocycles. The third kappa shape index (κ3) is 5.70. The van der Waals surface area contributed by atoms with Gasteiger partial charge in [-0.25, -0.2) is 24.6 Å². The highest BCUT2D eigenvalue weighted by molar-refractivity contribution is 6.45. The van der Waals surface area contributed by atoms with Crippen LogP contribution in [0.1, 0.15) is 10.4 Å². The summed E-state index contributed by atoms with van der Waals surface area (Å²) >= 11 is 24.6. The maximum absolute atomic E-state index is 12.0. The second kappa shape index (κ2) is 12.9. The number of carbonyl (C=O) groups excluding carboxylic acids is 1. The summed E-state index contributed by atoms with van der Waals surface area (Å²) in [7, 11) is 8.99. The minimum absolute atomic E-state index is 0.111. The Balaban J connectivity index is 0.000000194. The van der Waals surface area contributed by atoms with Gasteiger partial charge in [-0.2, -0.15) is 0 Å². The van der Waals surface area contributed by atoms with Crippen molar-refractivity contribution in [2.75, 3.05) is 35.5 Å². The maximum Gasteiger partial charge on any atom is 0.278 e. The number of amides is 1. The summed E-state index contributed by atoms with van der Waals surface area (Å²) in [6.45, 7) is 0. The molecule has 0 unspecified atom stereocenters. The molecular formula is C24H21Cl4N9O5. The van der Waals surface area contributed by atoms with E-state index in [1.54, 1.807) is 13.1 Å². The predicted octanol–water partition coefficient (Wildman–Crippen LogP) is 4.46. The fraction of sp³-hybridized carbons (Fsp3) is 0.250. The number of tetrazole rings is 1. The van der Waals surface area contributed by atoms with Gasteiger partial charge < -0.3 is 24.3 Å². The minimum atomic E-state index is -0.413. The molecule has 3 aromatic heterocycles. The first-order valence-electron chi connectivity index (χ1n) is 11.6. The second-order valence-electron chi connectivity index (χ2n) is 8.02. The SMILES string of the molecule is CNC(=O)c1c(Cl)c(Cl)cc2nc(OC)c(OC)nc12.COc1nc2cc(Cl)c(Cl)c(-c3nnnn3C)c2nc1OC. The molecule has 0 aliphatic heterocycles. The summed E-state index contributed by atoms with van der Waals surface area (Å²) in [4.78, 5) is 29.1. The van der Waals surface area contributed by atoms with Crippen LogP contribution in [-0.2, 0) is 7.05 Å². The van der Waals surface area contributed by atoms with Gasteiger partial charge in [0.15, 0.2) is 5.82 Å². The summed E-state index contributed by atoms with van der Waals surface area (Å²) in [5.41, 5.74) is 2.25. The number of benzene rings is 2. The Bertz CT molecular complexity index is 1820. The van der Waals surface area contributed by atoms with Crippen molar-refractivity contribution >= 4 is 74.4 Å². The fourth-order valence-corrected chi connectivity index (χ4v) is 4.58. The van der Waals surface area contributed by atoms with Crippen molar-refractivity contribution in [2.24, 2.45) is 7.05 Å². The van der Waals surface area contributed by atoms with Crippen molar-refractivity contribution in [3.8, 4) is 34.9 Å². The number of aryl methyl sites for hydroxylation is 1. The Morgan fingerprint density at radius 2 is 1.24 bits per heavy atom. The molecule has 0 aliphatic rings. The molecular weight excluding hydrogens is 636 g/mol. The Hall–Kier alpha value is -3.98. The first-order chi connectivity index (χ1) is 20.1. The molecule has 0 aliphatic carbocycles. The average molecular weight is 657 g/mol. The lowest BCUT2D eigenvalue weighted by Gasteiger charge is -2.11. The molecule has 220 valence electrons. The molecule has 0 radical (unpaired) electrons. The number of nitrogens with zero attached hydrogens (tertiary/aromatic N) is 8. The van der Waals surface area contributed by atoms with E-state index in [0.717, 1.165) is 0 Å². The van der Waals surface area contributed by atoms with E-state index in [4.69, 9.17) is 65.4 Å². The van der Waals surface area contributed by atoms with E-state index in [9.17, 15) is 4.79 Å². The number of fused-ring (bicyclic) bond motifs is 2. The molecule has 3 heterocycles. The minimum Gasteiger partial charge on any atom is -0.477 e. The molecule has 1 N–H and O–H groups in total. The zero-order chi connectivity index (χ0) is 30.7. The van der Waals surface area contributed by atoms with Crippen LogP contribution in [0.15, 0.2) is 12.1 Å². The second-order valence-corrected chi connectivity index (χ2v) is 9.59. The van der Waals surface area contributed by atoms with Gasteiger partial charge in [0.1, 0.15) is 11.0 Å². The van der Waals surface area contributed by atoms with Crippen LogP contribution in [0.25, 0.3) is 33.5 Å². The molecule has 42 heavy (non-hydrogen) atoms. The van der Waals surface area contributed by atoms with E-state index in [2.05, 4.69) is 40.8 Å². The Morgan fingerprint density at radius 3 is 1.71 bits per heavy atom. The number of methoxy groups -OCH3 is 4. The first kappa shape index (κ1) is 31.0. The number of ether oxygens (including phenoxy) is 4. The van der Waals surface area contributed by atoms with Crippen molar-refractivity contribution in [1.29, 1.82) is 0 Å². The average Bonchev–Trinajstić information content (AvgIpc) is 3.42. The van der Waals surface area contributed by atoms with E-state index >= 15 is 0 Å². The first-order valence-corrected chi connectivity index (χ1v) is 13.1. The van der Waals surface area contributed by atoms with E-state index < -0.39 is 5.91 Å². The highest BCUT2D eigenvalue weighted by Gasteiger charge is 2.23. The molecule has 0 atom stereocenters. The van der Waals surface area contributed by atoms with E-state index in [1.165, 1.54) is 46.2 Å².